The number of carbonyl (C=O) groups is 2. The van der Waals surface area contributed by atoms with E-state index in [1.807, 2.05) is 35.4 Å². The highest BCUT2D eigenvalue weighted by molar-refractivity contribution is 7.98. The van der Waals surface area contributed by atoms with Gasteiger partial charge in [-0.2, -0.15) is 4.98 Å². The molecule has 0 radical (unpaired) electrons. The van der Waals surface area contributed by atoms with Crippen LogP contribution in [0.15, 0.2) is 40.9 Å². The second kappa shape index (κ2) is 10.0. The van der Waals surface area contributed by atoms with Crippen molar-refractivity contribution < 1.29 is 14.3 Å². The number of H-pyrrole nitrogens is 1. The molecule has 4 heterocycles. The normalized spacial score (nSPS) is 14.3. The van der Waals surface area contributed by atoms with Gasteiger partial charge in [-0.1, -0.05) is 23.9 Å². The van der Waals surface area contributed by atoms with Crippen LogP contribution in [-0.2, 0) is 0 Å². The van der Waals surface area contributed by atoms with Gasteiger partial charge >= 0.3 is 0 Å². The van der Waals surface area contributed by atoms with Gasteiger partial charge in [0.05, 0.1) is 17.6 Å². The SMILES string of the molecule is COc1cc(C(=O)N2CCC(c3nc(C(=O)Nc4nc(SC)n[nH]4)cs3)CC2)nc2ccccc12. The van der Waals surface area contributed by atoms with Crippen LogP contribution in [0.1, 0.15) is 44.7 Å². The van der Waals surface area contributed by atoms with E-state index in [-0.39, 0.29) is 17.7 Å². The van der Waals surface area contributed by atoms with E-state index < -0.39 is 0 Å². The number of pyridine rings is 1. The molecule has 0 aliphatic carbocycles. The predicted molar refractivity (Wildman–Crippen MR) is 134 cm³/mol. The minimum Gasteiger partial charge on any atom is -0.496 e. The standard InChI is InChI=1S/C23H23N7O3S2/c1-33-18-11-16(24-15-6-4-3-5-14(15)18)21(32)30-9-7-13(8-10-30)20-25-17(12-35-20)19(31)26-22-27-23(34-2)29-28-22/h3-6,11-13H,7-10H2,1-2H3,(H2,26,27,28,29,31). The van der Waals surface area contributed by atoms with Gasteiger partial charge in [0.15, 0.2) is 0 Å². The first-order valence-corrected chi connectivity index (χ1v) is 13.1. The summed E-state index contributed by atoms with van der Waals surface area (Å²) in [5, 5.41) is 13.4. The Balaban J connectivity index is 1.22. The minimum atomic E-state index is -0.333. The molecule has 180 valence electrons. The predicted octanol–water partition coefficient (Wildman–Crippen LogP) is 3.81. The number of hydrogen-bond donors (Lipinski definition) is 2. The first kappa shape index (κ1) is 23.2. The third kappa shape index (κ3) is 4.84. The maximum atomic E-state index is 13.2. The van der Waals surface area contributed by atoms with Crippen molar-refractivity contribution in [2.75, 3.05) is 31.8 Å². The molecule has 1 aliphatic rings. The molecule has 1 fully saturated rings. The lowest BCUT2D eigenvalue weighted by Gasteiger charge is -2.31. The topological polar surface area (TPSA) is 126 Å². The van der Waals surface area contributed by atoms with Crippen LogP contribution < -0.4 is 10.1 Å². The second-order valence-electron chi connectivity index (χ2n) is 7.99. The average Bonchev–Trinajstić information content (AvgIpc) is 3.58. The number of thioether (sulfide) groups is 1. The zero-order chi connectivity index (χ0) is 24.4. The Morgan fingerprint density at radius 3 is 2.71 bits per heavy atom. The Labute approximate surface area is 209 Å². The van der Waals surface area contributed by atoms with Gasteiger partial charge in [0.1, 0.15) is 17.1 Å². The molecule has 1 aliphatic heterocycles. The van der Waals surface area contributed by atoms with Gasteiger partial charge in [-0.3, -0.25) is 14.9 Å². The lowest BCUT2D eigenvalue weighted by atomic mass is 9.97. The molecule has 12 heteroatoms. The molecule has 2 N–H and O–H groups in total. The summed E-state index contributed by atoms with van der Waals surface area (Å²) in [4.78, 5) is 40.8. The summed E-state index contributed by atoms with van der Waals surface area (Å²) in [6.07, 6.45) is 3.39. The molecule has 0 bridgehead atoms. The summed E-state index contributed by atoms with van der Waals surface area (Å²) in [5.41, 5.74) is 1.45. The molecule has 0 spiro atoms. The quantitative estimate of drug-likeness (QED) is 0.376. The number of carbonyl (C=O) groups excluding carboxylic acids is 2. The van der Waals surface area contributed by atoms with E-state index >= 15 is 0 Å². The average molecular weight is 510 g/mol. The number of likely N-dealkylation sites (tertiary alicyclic amines) is 1. The van der Waals surface area contributed by atoms with E-state index in [2.05, 4.69) is 30.5 Å². The second-order valence-corrected chi connectivity index (χ2v) is 9.65. The maximum absolute atomic E-state index is 13.2. The van der Waals surface area contributed by atoms with Crippen molar-refractivity contribution in [3.05, 3.63) is 52.1 Å². The van der Waals surface area contributed by atoms with Crippen LogP contribution in [0.5, 0.6) is 5.75 Å². The molecule has 35 heavy (non-hydrogen) atoms. The van der Waals surface area contributed by atoms with Gasteiger partial charge in [-0.25, -0.2) is 15.1 Å². The van der Waals surface area contributed by atoms with Crippen molar-refractivity contribution in [3.8, 4) is 5.75 Å². The number of fused-ring (bicyclic) bond motifs is 1. The van der Waals surface area contributed by atoms with Crippen molar-refractivity contribution in [2.45, 2.75) is 23.9 Å². The Kier molecular flexibility index (Phi) is 6.64. The lowest BCUT2D eigenvalue weighted by Crippen LogP contribution is -2.38. The summed E-state index contributed by atoms with van der Waals surface area (Å²) in [6, 6.07) is 9.32. The van der Waals surface area contributed by atoms with E-state index in [0.717, 1.165) is 28.8 Å². The summed E-state index contributed by atoms with van der Waals surface area (Å²) >= 11 is 2.84. The highest BCUT2D eigenvalue weighted by atomic mass is 32.2. The molecular formula is C23H23N7O3S2. The van der Waals surface area contributed by atoms with Crippen molar-refractivity contribution >= 4 is 51.8 Å². The monoisotopic (exact) mass is 509 g/mol. The molecule has 0 atom stereocenters. The maximum Gasteiger partial charge on any atom is 0.277 e. The number of para-hydroxylation sites is 1. The largest absolute Gasteiger partial charge is 0.496 e. The van der Waals surface area contributed by atoms with Crippen LogP contribution in [0.3, 0.4) is 0 Å². The number of rotatable bonds is 6. The number of thiazole rings is 1. The van der Waals surface area contributed by atoms with E-state index in [1.165, 1.54) is 23.1 Å². The third-order valence-electron chi connectivity index (χ3n) is 5.88. The highest BCUT2D eigenvalue weighted by Gasteiger charge is 2.28. The number of anilines is 1. The van der Waals surface area contributed by atoms with Gasteiger partial charge < -0.3 is 9.64 Å². The van der Waals surface area contributed by atoms with Gasteiger partial charge in [0.25, 0.3) is 11.8 Å². The Bertz CT molecular complexity index is 1380. The number of hydrogen-bond acceptors (Lipinski definition) is 9. The van der Waals surface area contributed by atoms with Crippen LogP contribution in [0.25, 0.3) is 10.9 Å². The Morgan fingerprint density at radius 1 is 1.17 bits per heavy atom. The van der Waals surface area contributed by atoms with Crippen molar-refractivity contribution in [3.63, 3.8) is 0 Å². The summed E-state index contributed by atoms with van der Waals surface area (Å²) in [6.45, 7) is 1.19. The van der Waals surface area contributed by atoms with Crippen molar-refractivity contribution in [1.29, 1.82) is 0 Å². The van der Waals surface area contributed by atoms with Crippen LogP contribution in [0.2, 0.25) is 0 Å². The summed E-state index contributed by atoms with van der Waals surface area (Å²) in [5.74, 6) is 0.679. The number of methoxy groups -OCH3 is 1. The van der Waals surface area contributed by atoms with E-state index in [1.54, 1.807) is 18.6 Å². The fourth-order valence-corrected chi connectivity index (χ4v) is 5.35. The number of piperidine rings is 1. The molecule has 0 unspecified atom stereocenters. The number of aromatic nitrogens is 5. The molecule has 2 amide bonds. The van der Waals surface area contributed by atoms with Gasteiger partial charge in [-0.15, -0.1) is 16.4 Å². The first-order valence-electron chi connectivity index (χ1n) is 11.0. The van der Waals surface area contributed by atoms with E-state index in [9.17, 15) is 9.59 Å². The summed E-state index contributed by atoms with van der Waals surface area (Å²) < 4.78 is 5.49. The molecule has 3 aromatic heterocycles. The Morgan fingerprint density at radius 2 is 1.97 bits per heavy atom. The number of nitrogens with one attached hydrogen (secondary N) is 2. The van der Waals surface area contributed by atoms with Gasteiger partial charge in [0, 0.05) is 35.8 Å². The van der Waals surface area contributed by atoms with Crippen LogP contribution >= 0.6 is 23.1 Å². The van der Waals surface area contributed by atoms with Crippen molar-refractivity contribution in [2.24, 2.45) is 0 Å². The zero-order valence-electron chi connectivity index (χ0n) is 19.1. The first-order chi connectivity index (χ1) is 17.1. The van der Waals surface area contributed by atoms with Crippen LogP contribution in [0, 0.1) is 0 Å². The molecule has 0 saturated carbocycles. The number of aromatic amines is 1. The smallest absolute Gasteiger partial charge is 0.277 e. The molecule has 10 nitrogen and oxygen atoms in total. The van der Waals surface area contributed by atoms with E-state index in [4.69, 9.17) is 4.74 Å². The van der Waals surface area contributed by atoms with Gasteiger partial charge in [0.2, 0.25) is 11.1 Å². The fraction of sp³-hybridized carbons (Fsp3) is 0.304. The molecular weight excluding hydrogens is 486 g/mol. The van der Waals surface area contributed by atoms with E-state index in [0.29, 0.717) is 41.3 Å². The van der Waals surface area contributed by atoms with Gasteiger partial charge in [-0.05, 0) is 31.2 Å². The number of ether oxygens (including phenoxy) is 1. The Hall–Kier alpha value is -3.51. The summed E-state index contributed by atoms with van der Waals surface area (Å²) in [7, 11) is 1.59. The zero-order valence-corrected chi connectivity index (χ0v) is 20.8. The van der Waals surface area contributed by atoms with Crippen LogP contribution in [-0.4, -0.2) is 68.3 Å². The van der Waals surface area contributed by atoms with Crippen molar-refractivity contribution in [1.82, 2.24) is 30.0 Å². The van der Waals surface area contributed by atoms with Crippen LogP contribution in [0.4, 0.5) is 5.95 Å². The molecule has 1 saturated heterocycles. The minimum absolute atomic E-state index is 0.108. The number of amides is 2. The number of benzene rings is 1. The molecule has 4 aromatic rings. The fourth-order valence-electron chi connectivity index (χ4n) is 4.06. The number of nitrogens with zero attached hydrogens (tertiary/aromatic N) is 5. The molecule has 1 aromatic carbocycles. The highest BCUT2D eigenvalue weighted by Crippen LogP contribution is 2.32. The lowest BCUT2D eigenvalue weighted by molar-refractivity contribution is 0.0707. The third-order valence-corrected chi connectivity index (χ3v) is 7.44. The molecule has 5 rings (SSSR count).